The largest absolute Gasteiger partial charge is 0.491 e. The summed E-state index contributed by atoms with van der Waals surface area (Å²) in [6, 6.07) is 13.5. The summed E-state index contributed by atoms with van der Waals surface area (Å²) in [7, 11) is 0. The van der Waals surface area contributed by atoms with Gasteiger partial charge in [-0.05, 0) is 49.1 Å². The van der Waals surface area contributed by atoms with Crippen molar-refractivity contribution in [3.8, 4) is 5.75 Å². The maximum absolute atomic E-state index is 12.1. The van der Waals surface area contributed by atoms with E-state index >= 15 is 0 Å². The van der Waals surface area contributed by atoms with Crippen molar-refractivity contribution in [2.24, 2.45) is 0 Å². The third-order valence-electron chi connectivity index (χ3n) is 3.60. The van der Waals surface area contributed by atoms with Crippen LogP contribution in [0.25, 0.3) is 0 Å². The summed E-state index contributed by atoms with van der Waals surface area (Å²) in [5.74, 6) is 0.712. The number of nitrogens with one attached hydrogen (secondary N) is 1. The number of carbonyl (C=O) groups excluding carboxylic acids is 1. The molecule has 0 aromatic heterocycles. The van der Waals surface area contributed by atoms with Gasteiger partial charge in [-0.3, -0.25) is 4.79 Å². The Bertz CT molecular complexity index is 668. The molecule has 0 bridgehead atoms. The van der Waals surface area contributed by atoms with Gasteiger partial charge in [0.25, 0.3) is 0 Å². The molecule has 0 aliphatic rings. The number of nitrogens with two attached hydrogens (primary N) is 1. The molecule has 0 spiro atoms. The third kappa shape index (κ3) is 5.02. The fourth-order valence-corrected chi connectivity index (χ4v) is 2.28. The molecule has 0 unspecified atom stereocenters. The van der Waals surface area contributed by atoms with Crippen molar-refractivity contribution >= 4 is 17.3 Å². The minimum atomic E-state index is 0.00387. The highest BCUT2D eigenvalue weighted by atomic mass is 16.5. The van der Waals surface area contributed by atoms with E-state index in [1.807, 2.05) is 49.4 Å². The first kappa shape index (κ1) is 16.9. The van der Waals surface area contributed by atoms with E-state index in [9.17, 15) is 4.79 Å². The first-order valence-electron chi connectivity index (χ1n) is 7.97. The average Bonchev–Trinajstić information content (AvgIpc) is 2.54. The van der Waals surface area contributed by atoms with E-state index in [1.54, 1.807) is 0 Å². The average molecular weight is 312 g/mol. The van der Waals surface area contributed by atoms with Gasteiger partial charge in [0.2, 0.25) is 5.91 Å². The third-order valence-corrected chi connectivity index (χ3v) is 3.60. The highest BCUT2D eigenvalue weighted by molar-refractivity contribution is 5.91. The predicted molar refractivity (Wildman–Crippen MR) is 94.8 cm³/mol. The summed E-state index contributed by atoms with van der Waals surface area (Å²) in [6.07, 6.45) is 2.01. The molecule has 0 heterocycles. The van der Waals surface area contributed by atoms with Gasteiger partial charge in [0.1, 0.15) is 5.75 Å². The number of nitrogen functional groups attached to an aromatic ring is 1. The maximum Gasteiger partial charge on any atom is 0.224 e. The minimum absolute atomic E-state index is 0.00387. The highest BCUT2D eigenvalue weighted by Crippen LogP contribution is 2.23. The molecule has 0 radical (unpaired) electrons. The quantitative estimate of drug-likeness (QED) is 0.761. The number of aryl methyl sites for hydroxylation is 2. The van der Waals surface area contributed by atoms with Crippen LogP contribution in [0.5, 0.6) is 5.75 Å². The second kappa shape index (κ2) is 8.22. The van der Waals surface area contributed by atoms with Crippen LogP contribution in [0.1, 0.15) is 30.9 Å². The fourth-order valence-electron chi connectivity index (χ4n) is 2.28. The smallest absolute Gasteiger partial charge is 0.224 e. The SMILES string of the molecule is CCCOc1ccc(CCC(=O)Nc2ccccc2C)cc1N. The molecule has 0 saturated heterocycles. The Labute approximate surface area is 137 Å². The molecule has 2 rings (SSSR count). The van der Waals surface area contributed by atoms with Gasteiger partial charge >= 0.3 is 0 Å². The lowest BCUT2D eigenvalue weighted by Gasteiger charge is -2.10. The summed E-state index contributed by atoms with van der Waals surface area (Å²) < 4.78 is 5.55. The van der Waals surface area contributed by atoms with Crippen LogP contribution < -0.4 is 15.8 Å². The molecule has 2 aromatic rings. The van der Waals surface area contributed by atoms with Crippen LogP contribution >= 0.6 is 0 Å². The standard InChI is InChI=1S/C19H24N2O2/c1-3-12-23-18-10-8-15(13-16(18)20)9-11-19(22)21-17-7-5-4-6-14(17)2/h4-8,10,13H,3,9,11-12,20H2,1-2H3,(H,21,22). The van der Waals surface area contributed by atoms with E-state index < -0.39 is 0 Å². The van der Waals surface area contributed by atoms with Crippen LogP contribution in [0.4, 0.5) is 11.4 Å². The van der Waals surface area contributed by atoms with E-state index in [0.29, 0.717) is 30.9 Å². The van der Waals surface area contributed by atoms with Gasteiger partial charge in [-0.25, -0.2) is 0 Å². The van der Waals surface area contributed by atoms with E-state index in [0.717, 1.165) is 23.2 Å². The fraction of sp³-hybridized carbons (Fsp3) is 0.316. The van der Waals surface area contributed by atoms with Crippen molar-refractivity contribution < 1.29 is 9.53 Å². The monoisotopic (exact) mass is 312 g/mol. The number of carbonyl (C=O) groups is 1. The predicted octanol–water partition coefficient (Wildman–Crippen LogP) is 3.94. The lowest BCUT2D eigenvalue weighted by atomic mass is 10.1. The number of rotatable bonds is 7. The Balaban J connectivity index is 1.89. The molecule has 4 nitrogen and oxygen atoms in total. The first-order valence-corrected chi connectivity index (χ1v) is 7.97. The number of para-hydroxylation sites is 1. The first-order chi connectivity index (χ1) is 11.1. The van der Waals surface area contributed by atoms with Crippen molar-refractivity contribution in [1.29, 1.82) is 0 Å². The van der Waals surface area contributed by atoms with Gasteiger partial charge in [0.05, 0.1) is 12.3 Å². The molecule has 3 N–H and O–H groups in total. The van der Waals surface area contributed by atoms with E-state index in [4.69, 9.17) is 10.5 Å². The highest BCUT2D eigenvalue weighted by Gasteiger charge is 2.07. The molecule has 0 atom stereocenters. The van der Waals surface area contributed by atoms with Gasteiger partial charge in [-0.15, -0.1) is 0 Å². The molecule has 122 valence electrons. The van der Waals surface area contributed by atoms with Crippen LogP contribution in [-0.4, -0.2) is 12.5 Å². The molecule has 0 aliphatic heterocycles. The van der Waals surface area contributed by atoms with Gasteiger partial charge < -0.3 is 15.8 Å². The Morgan fingerprint density at radius 2 is 2.00 bits per heavy atom. The van der Waals surface area contributed by atoms with Crippen molar-refractivity contribution in [3.63, 3.8) is 0 Å². The van der Waals surface area contributed by atoms with E-state index in [1.165, 1.54) is 0 Å². The molecule has 0 saturated carbocycles. The van der Waals surface area contributed by atoms with E-state index in [-0.39, 0.29) is 5.91 Å². The van der Waals surface area contributed by atoms with Crippen LogP contribution in [0.2, 0.25) is 0 Å². The number of ether oxygens (including phenoxy) is 1. The second-order valence-electron chi connectivity index (χ2n) is 5.58. The zero-order valence-electron chi connectivity index (χ0n) is 13.8. The van der Waals surface area contributed by atoms with Gasteiger partial charge in [-0.2, -0.15) is 0 Å². The molecule has 2 aromatic carbocycles. The number of hydrogen-bond donors (Lipinski definition) is 2. The normalized spacial score (nSPS) is 10.3. The number of hydrogen-bond acceptors (Lipinski definition) is 3. The minimum Gasteiger partial charge on any atom is -0.491 e. The Kier molecular flexibility index (Phi) is 6.03. The summed E-state index contributed by atoms with van der Waals surface area (Å²) in [5.41, 5.74) is 9.56. The van der Waals surface area contributed by atoms with Crippen LogP contribution in [0.15, 0.2) is 42.5 Å². The number of anilines is 2. The van der Waals surface area contributed by atoms with Crippen LogP contribution in [0, 0.1) is 6.92 Å². The summed E-state index contributed by atoms with van der Waals surface area (Å²) in [6.45, 7) is 4.69. The van der Waals surface area contributed by atoms with Gasteiger partial charge in [0.15, 0.2) is 0 Å². The Morgan fingerprint density at radius 3 is 2.70 bits per heavy atom. The summed E-state index contributed by atoms with van der Waals surface area (Å²) in [5, 5.41) is 2.94. The molecule has 4 heteroatoms. The van der Waals surface area contributed by atoms with Gasteiger partial charge in [-0.1, -0.05) is 31.2 Å². The number of benzene rings is 2. The van der Waals surface area contributed by atoms with Crippen molar-refractivity contribution in [2.75, 3.05) is 17.7 Å². The zero-order valence-corrected chi connectivity index (χ0v) is 13.8. The molecular weight excluding hydrogens is 288 g/mol. The summed E-state index contributed by atoms with van der Waals surface area (Å²) in [4.78, 5) is 12.1. The van der Waals surface area contributed by atoms with Crippen molar-refractivity contribution in [2.45, 2.75) is 33.1 Å². The molecule has 23 heavy (non-hydrogen) atoms. The topological polar surface area (TPSA) is 64.3 Å². The van der Waals surface area contributed by atoms with Gasteiger partial charge in [0, 0.05) is 12.1 Å². The Hall–Kier alpha value is -2.49. The molecular formula is C19H24N2O2. The molecule has 1 amide bonds. The van der Waals surface area contributed by atoms with Crippen molar-refractivity contribution in [3.05, 3.63) is 53.6 Å². The molecule has 0 aliphatic carbocycles. The summed E-state index contributed by atoms with van der Waals surface area (Å²) >= 11 is 0. The second-order valence-corrected chi connectivity index (χ2v) is 5.58. The molecule has 0 fully saturated rings. The van der Waals surface area contributed by atoms with Crippen LogP contribution in [0.3, 0.4) is 0 Å². The number of amides is 1. The lowest BCUT2D eigenvalue weighted by molar-refractivity contribution is -0.116. The van der Waals surface area contributed by atoms with Crippen molar-refractivity contribution in [1.82, 2.24) is 0 Å². The Morgan fingerprint density at radius 1 is 1.22 bits per heavy atom. The van der Waals surface area contributed by atoms with E-state index in [2.05, 4.69) is 12.2 Å². The maximum atomic E-state index is 12.1. The van der Waals surface area contributed by atoms with Crippen LogP contribution in [-0.2, 0) is 11.2 Å². The zero-order chi connectivity index (χ0) is 16.7. The lowest BCUT2D eigenvalue weighted by Crippen LogP contribution is -2.13.